The fourth-order valence-electron chi connectivity index (χ4n) is 2.97. The standard InChI is InChI=1S/C14H23NO3/c1-14(2)6-3-8-15(9-7-14)12(16)10-4-5-11(10)13(17)18/h10-11H,3-9H2,1-2H3,(H,17,18). The molecule has 0 aromatic carbocycles. The molecular weight excluding hydrogens is 230 g/mol. The van der Waals surface area contributed by atoms with Crippen LogP contribution in [0.3, 0.4) is 0 Å². The fourth-order valence-corrected chi connectivity index (χ4v) is 2.97. The highest BCUT2D eigenvalue weighted by Crippen LogP contribution is 2.37. The van der Waals surface area contributed by atoms with Crippen LogP contribution in [0.15, 0.2) is 0 Å². The molecular formula is C14H23NO3. The highest BCUT2D eigenvalue weighted by atomic mass is 16.4. The van der Waals surface area contributed by atoms with Crippen LogP contribution >= 0.6 is 0 Å². The molecule has 1 amide bonds. The maximum absolute atomic E-state index is 12.3. The van der Waals surface area contributed by atoms with E-state index in [2.05, 4.69) is 13.8 Å². The topological polar surface area (TPSA) is 57.6 Å². The monoisotopic (exact) mass is 253 g/mol. The third-order valence-electron chi connectivity index (χ3n) is 4.56. The van der Waals surface area contributed by atoms with Crippen molar-refractivity contribution in [3.63, 3.8) is 0 Å². The fraction of sp³-hybridized carbons (Fsp3) is 0.857. The van der Waals surface area contributed by atoms with Crippen LogP contribution in [0, 0.1) is 17.3 Å². The molecule has 4 nitrogen and oxygen atoms in total. The van der Waals surface area contributed by atoms with Crippen molar-refractivity contribution in [2.24, 2.45) is 17.3 Å². The Kier molecular flexibility index (Phi) is 3.64. The number of hydrogen-bond donors (Lipinski definition) is 1. The van der Waals surface area contributed by atoms with E-state index in [1.54, 1.807) is 0 Å². The lowest BCUT2D eigenvalue weighted by molar-refractivity contribution is -0.156. The van der Waals surface area contributed by atoms with Crippen molar-refractivity contribution in [2.75, 3.05) is 13.1 Å². The number of aliphatic carboxylic acids is 1. The van der Waals surface area contributed by atoms with Crippen LogP contribution in [0.25, 0.3) is 0 Å². The summed E-state index contributed by atoms with van der Waals surface area (Å²) in [6, 6.07) is 0. The molecule has 0 bridgehead atoms. The Morgan fingerprint density at radius 2 is 1.78 bits per heavy atom. The van der Waals surface area contributed by atoms with Crippen molar-refractivity contribution in [3.8, 4) is 0 Å². The number of carbonyl (C=O) groups is 2. The van der Waals surface area contributed by atoms with E-state index < -0.39 is 11.9 Å². The van der Waals surface area contributed by atoms with Gasteiger partial charge in [-0.05, 0) is 37.5 Å². The Balaban J connectivity index is 1.95. The molecule has 0 radical (unpaired) electrons. The second kappa shape index (κ2) is 4.90. The lowest BCUT2D eigenvalue weighted by Crippen LogP contribution is -2.46. The molecule has 0 aromatic rings. The Bertz CT molecular complexity index is 351. The van der Waals surface area contributed by atoms with Gasteiger partial charge in [-0.15, -0.1) is 0 Å². The molecule has 0 aromatic heterocycles. The van der Waals surface area contributed by atoms with Gasteiger partial charge in [-0.1, -0.05) is 13.8 Å². The Hall–Kier alpha value is -1.06. The van der Waals surface area contributed by atoms with Gasteiger partial charge in [-0.25, -0.2) is 0 Å². The molecule has 2 rings (SSSR count). The summed E-state index contributed by atoms with van der Waals surface area (Å²) in [4.78, 5) is 25.2. The summed E-state index contributed by atoms with van der Waals surface area (Å²) in [6.45, 7) is 6.06. The Morgan fingerprint density at radius 3 is 2.33 bits per heavy atom. The molecule has 2 unspecified atom stereocenters. The lowest BCUT2D eigenvalue weighted by Gasteiger charge is -2.36. The number of likely N-dealkylation sites (tertiary alicyclic amines) is 1. The van der Waals surface area contributed by atoms with Gasteiger partial charge in [0.2, 0.25) is 5.91 Å². The number of carboxylic acids is 1. The van der Waals surface area contributed by atoms with E-state index in [1.165, 1.54) is 0 Å². The number of carbonyl (C=O) groups excluding carboxylic acids is 1. The predicted molar refractivity (Wildman–Crippen MR) is 68.1 cm³/mol. The number of amides is 1. The number of nitrogens with zero attached hydrogens (tertiary/aromatic N) is 1. The molecule has 102 valence electrons. The zero-order valence-electron chi connectivity index (χ0n) is 11.3. The van der Waals surface area contributed by atoms with Gasteiger partial charge >= 0.3 is 5.97 Å². The van der Waals surface area contributed by atoms with E-state index in [0.717, 1.165) is 38.8 Å². The highest BCUT2D eigenvalue weighted by molar-refractivity contribution is 5.86. The molecule has 4 heteroatoms. The van der Waals surface area contributed by atoms with Gasteiger partial charge in [-0.2, -0.15) is 0 Å². The van der Waals surface area contributed by atoms with Gasteiger partial charge < -0.3 is 10.0 Å². The lowest BCUT2D eigenvalue weighted by atomic mass is 9.73. The van der Waals surface area contributed by atoms with Crippen LogP contribution < -0.4 is 0 Å². The summed E-state index contributed by atoms with van der Waals surface area (Å²) in [5, 5.41) is 9.02. The van der Waals surface area contributed by atoms with E-state index in [4.69, 9.17) is 5.11 Å². The molecule has 18 heavy (non-hydrogen) atoms. The summed E-state index contributed by atoms with van der Waals surface area (Å²) < 4.78 is 0. The summed E-state index contributed by atoms with van der Waals surface area (Å²) in [5.41, 5.74) is 0.306. The van der Waals surface area contributed by atoms with Crippen LogP contribution in [0.2, 0.25) is 0 Å². The minimum absolute atomic E-state index is 0.0753. The first-order valence-corrected chi connectivity index (χ1v) is 6.92. The molecule has 2 aliphatic rings. The Labute approximate surface area is 108 Å². The summed E-state index contributed by atoms with van der Waals surface area (Å²) in [7, 11) is 0. The minimum Gasteiger partial charge on any atom is -0.481 e. The number of hydrogen-bond acceptors (Lipinski definition) is 2. The van der Waals surface area contributed by atoms with Gasteiger partial charge in [-0.3, -0.25) is 9.59 Å². The molecule has 1 heterocycles. The second-order valence-electron chi connectivity index (χ2n) is 6.47. The zero-order valence-corrected chi connectivity index (χ0v) is 11.3. The van der Waals surface area contributed by atoms with Crippen LogP contribution in [0.1, 0.15) is 46.0 Å². The smallest absolute Gasteiger partial charge is 0.307 e. The summed E-state index contributed by atoms with van der Waals surface area (Å²) in [5.74, 6) is -1.43. The van der Waals surface area contributed by atoms with E-state index in [-0.39, 0.29) is 11.8 Å². The highest BCUT2D eigenvalue weighted by Gasteiger charge is 2.43. The van der Waals surface area contributed by atoms with E-state index in [0.29, 0.717) is 11.8 Å². The van der Waals surface area contributed by atoms with Crippen molar-refractivity contribution in [1.29, 1.82) is 0 Å². The van der Waals surface area contributed by atoms with Crippen molar-refractivity contribution in [2.45, 2.75) is 46.0 Å². The third-order valence-corrected chi connectivity index (χ3v) is 4.56. The van der Waals surface area contributed by atoms with Crippen LogP contribution in [0.5, 0.6) is 0 Å². The zero-order chi connectivity index (χ0) is 13.3. The molecule has 1 aliphatic heterocycles. The van der Waals surface area contributed by atoms with Gasteiger partial charge in [0.1, 0.15) is 0 Å². The van der Waals surface area contributed by atoms with Crippen LogP contribution in [-0.4, -0.2) is 35.0 Å². The number of carboxylic acid groups (broad SMARTS) is 1. The van der Waals surface area contributed by atoms with Crippen molar-refractivity contribution in [1.82, 2.24) is 4.90 Å². The summed E-state index contributed by atoms with van der Waals surface area (Å²) >= 11 is 0. The minimum atomic E-state index is -0.810. The molecule has 1 saturated heterocycles. The Morgan fingerprint density at radius 1 is 1.11 bits per heavy atom. The second-order valence-corrected chi connectivity index (χ2v) is 6.47. The molecule has 1 saturated carbocycles. The largest absolute Gasteiger partial charge is 0.481 e. The SMILES string of the molecule is CC1(C)CCCN(C(=O)C2CCC2C(=O)O)CC1. The number of rotatable bonds is 2. The predicted octanol–water partition coefficient (Wildman–Crippen LogP) is 2.14. The van der Waals surface area contributed by atoms with Crippen molar-refractivity contribution < 1.29 is 14.7 Å². The first-order valence-electron chi connectivity index (χ1n) is 6.92. The first kappa shape index (κ1) is 13.4. The average Bonchev–Trinajstić information content (AvgIpc) is 2.36. The molecule has 2 atom stereocenters. The van der Waals surface area contributed by atoms with Crippen molar-refractivity contribution >= 4 is 11.9 Å². The molecule has 2 fully saturated rings. The van der Waals surface area contributed by atoms with E-state index >= 15 is 0 Å². The first-order chi connectivity index (χ1) is 8.41. The third kappa shape index (κ3) is 2.68. The van der Waals surface area contributed by atoms with Gasteiger partial charge in [0.25, 0.3) is 0 Å². The molecule has 0 spiro atoms. The quantitative estimate of drug-likeness (QED) is 0.820. The van der Waals surface area contributed by atoms with Gasteiger partial charge in [0.05, 0.1) is 11.8 Å². The van der Waals surface area contributed by atoms with E-state index in [9.17, 15) is 9.59 Å². The van der Waals surface area contributed by atoms with E-state index in [1.807, 2.05) is 4.90 Å². The van der Waals surface area contributed by atoms with Gasteiger partial charge in [0.15, 0.2) is 0 Å². The van der Waals surface area contributed by atoms with Crippen LogP contribution in [0.4, 0.5) is 0 Å². The van der Waals surface area contributed by atoms with Crippen molar-refractivity contribution in [3.05, 3.63) is 0 Å². The maximum Gasteiger partial charge on any atom is 0.307 e. The maximum atomic E-state index is 12.3. The normalized spacial score (nSPS) is 31.3. The summed E-state index contributed by atoms with van der Waals surface area (Å²) in [6.07, 6.45) is 4.59. The molecule has 1 N–H and O–H groups in total. The average molecular weight is 253 g/mol. The van der Waals surface area contributed by atoms with Crippen LogP contribution in [-0.2, 0) is 9.59 Å². The molecule has 1 aliphatic carbocycles. The van der Waals surface area contributed by atoms with Gasteiger partial charge in [0, 0.05) is 13.1 Å².